The molecule has 0 amide bonds. The van der Waals surface area contributed by atoms with Crippen LogP contribution in [0.25, 0.3) is 0 Å². The van der Waals surface area contributed by atoms with Gasteiger partial charge in [0.1, 0.15) is 11.4 Å². The van der Waals surface area contributed by atoms with Crippen molar-refractivity contribution in [1.29, 1.82) is 5.26 Å². The monoisotopic (exact) mass is 346 g/mol. The van der Waals surface area contributed by atoms with Gasteiger partial charge in [-0.1, -0.05) is 0 Å². The molecule has 0 aliphatic heterocycles. The number of nitrogens with one attached hydrogen (secondary N) is 1. The molecule has 2 aromatic carbocycles. The van der Waals surface area contributed by atoms with Crippen LogP contribution in [0.3, 0.4) is 0 Å². The normalized spacial score (nSPS) is 10.2. The third-order valence-electron chi connectivity index (χ3n) is 3.73. The van der Waals surface area contributed by atoms with Crippen molar-refractivity contribution in [2.24, 2.45) is 0 Å². The zero-order chi connectivity index (χ0) is 18.7. The minimum absolute atomic E-state index is 0.257. The van der Waals surface area contributed by atoms with E-state index in [4.69, 9.17) is 21.5 Å². The van der Waals surface area contributed by atoms with E-state index in [1.807, 2.05) is 26.0 Å². The summed E-state index contributed by atoms with van der Waals surface area (Å²) in [6, 6.07) is 12.7. The Kier molecular flexibility index (Phi) is 4.58. The molecule has 0 saturated heterocycles. The molecule has 0 fully saturated rings. The molecule has 0 bridgehead atoms. The van der Waals surface area contributed by atoms with Gasteiger partial charge in [-0.3, -0.25) is 0 Å². The van der Waals surface area contributed by atoms with Crippen molar-refractivity contribution in [3.05, 3.63) is 59.3 Å². The number of nitrogen functional groups attached to an aromatic ring is 2. The van der Waals surface area contributed by atoms with Crippen LogP contribution in [0.2, 0.25) is 0 Å². The second kappa shape index (κ2) is 6.99. The third-order valence-corrected chi connectivity index (χ3v) is 3.73. The lowest BCUT2D eigenvalue weighted by Gasteiger charge is -2.14. The maximum Gasteiger partial charge on any atom is 0.247 e. The molecular weight excluding hydrogens is 328 g/mol. The second-order valence-corrected chi connectivity index (χ2v) is 5.85. The summed E-state index contributed by atoms with van der Waals surface area (Å²) in [5.41, 5.74) is 15.9. The standard InChI is InChI=1S/C19H18N6O/c1-11-7-14(21)8-12(2)17(11)26-18-16(22)10-23-19(25-18)24-15-5-3-13(9-20)4-6-15/h3-8,10H,21-22H2,1-2H3,(H,23,24,25). The first kappa shape index (κ1) is 17.0. The van der Waals surface area contributed by atoms with Crippen molar-refractivity contribution in [3.63, 3.8) is 0 Å². The average molecular weight is 346 g/mol. The minimum atomic E-state index is 0.257. The molecule has 0 unspecified atom stereocenters. The largest absolute Gasteiger partial charge is 0.436 e. The van der Waals surface area contributed by atoms with Crippen LogP contribution >= 0.6 is 0 Å². The van der Waals surface area contributed by atoms with E-state index in [9.17, 15) is 0 Å². The number of anilines is 4. The molecule has 1 aromatic heterocycles. The van der Waals surface area contributed by atoms with Crippen LogP contribution in [-0.2, 0) is 0 Å². The van der Waals surface area contributed by atoms with Gasteiger partial charge in [0, 0.05) is 11.4 Å². The highest BCUT2D eigenvalue weighted by Crippen LogP contribution is 2.32. The number of ether oxygens (including phenoxy) is 1. The predicted molar refractivity (Wildman–Crippen MR) is 101 cm³/mol. The molecule has 26 heavy (non-hydrogen) atoms. The Morgan fingerprint density at radius 3 is 2.35 bits per heavy atom. The first-order valence-electron chi connectivity index (χ1n) is 7.90. The van der Waals surface area contributed by atoms with E-state index in [1.54, 1.807) is 24.3 Å². The first-order valence-corrected chi connectivity index (χ1v) is 7.90. The quantitative estimate of drug-likeness (QED) is 0.616. The maximum absolute atomic E-state index is 8.85. The number of hydrogen-bond donors (Lipinski definition) is 3. The molecule has 0 spiro atoms. The van der Waals surface area contributed by atoms with Crippen molar-refractivity contribution < 1.29 is 4.74 Å². The number of rotatable bonds is 4. The molecule has 3 aromatic rings. The lowest BCUT2D eigenvalue weighted by atomic mass is 10.1. The topological polar surface area (TPSA) is 123 Å². The number of benzene rings is 2. The fourth-order valence-corrected chi connectivity index (χ4v) is 2.52. The Bertz CT molecular complexity index is 969. The van der Waals surface area contributed by atoms with Crippen LogP contribution in [0.4, 0.5) is 23.0 Å². The Hall–Kier alpha value is -3.79. The number of nitrogens with two attached hydrogens (primary N) is 2. The Balaban J connectivity index is 1.87. The van der Waals surface area contributed by atoms with Crippen molar-refractivity contribution in [3.8, 4) is 17.7 Å². The van der Waals surface area contributed by atoms with Crippen molar-refractivity contribution >= 4 is 23.0 Å². The number of nitrogens with zero attached hydrogens (tertiary/aromatic N) is 3. The zero-order valence-corrected chi connectivity index (χ0v) is 14.4. The SMILES string of the molecule is Cc1cc(N)cc(C)c1Oc1nc(Nc2ccc(C#N)cc2)ncc1N. The molecule has 130 valence electrons. The summed E-state index contributed by atoms with van der Waals surface area (Å²) in [6.07, 6.45) is 1.48. The average Bonchev–Trinajstić information content (AvgIpc) is 2.61. The summed E-state index contributed by atoms with van der Waals surface area (Å²) >= 11 is 0. The highest BCUT2D eigenvalue weighted by Gasteiger charge is 2.12. The van der Waals surface area contributed by atoms with Gasteiger partial charge in [0.05, 0.1) is 17.8 Å². The number of aromatic nitrogens is 2. The van der Waals surface area contributed by atoms with Crippen molar-refractivity contribution in [2.45, 2.75) is 13.8 Å². The van der Waals surface area contributed by atoms with E-state index >= 15 is 0 Å². The van der Waals surface area contributed by atoms with E-state index in [-0.39, 0.29) is 5.88 Å². The highest BCUT2D eigenvalue weighted by molar-refractivity contribution is 5.59. The molecule has 0 saturated carbocycles. The number of aryl methyl sites for hydroxylation is 2. The van der Waals surface area contributed by atoms with Crippen LogP contribution in [0.1, 0.15) is 16.7 Å². The van der Waals surface area contributed by atoms with Gasteiger partial charge >= 0.3 is 0 Å². The lowest BCUT2D eigenvalue weighted by Crippen LogP contribution is -2.03. The Labute approximate surface area is 151 Å². The van der Waals surface area contributed by atoms with E-state index in [2.05, 4.69) is 21.4 Å². The third kappa shape index (κ3) is 3.65. The molecule has 0 aliphatic rings. The van der Waals surface area contributed by atoms with Crippen LogP contribution < -0.4 is 21.5 Å². The van der Waals surface area contributed by atoms with E-state index in [1.165, 1.54) is 6.20 Å². The smallest absolute Gasteiger partial charge is 0.247 e. The minimum Gasteiger partial charge on any atom is -0.436 e. The van der Waals surface area contributed by atoms with Crippen molar-refractivity contribution in [1.82, 2.24) is 9.97 Å². The molecule has 0 radical (unpaired) electrons. The van der Waals surface area contributed by atoms with Crippen LogP contribution in [0.5, 0.6) is 11.6 Å². The first-order chi connectivity index (χ1) is 12.5. The van der Waals surface area contributed by atoms with Crippen molar-refractivity contribution in [2.75, 3.05) is 16.8 Å². The van der Waals surface area contributed by atoms with E-state index in [0.29, 0.717) is 28.6 Å². The summed E-state index contributed by atoms with van der Waals surface area (Å²) in [6.45, 7) is 3.82. The molecule has 5 N–H and O–H groups in total. The Morgan fingerprint density at radius 2 is 1.73 bits per heavy atom. The lowest BCUT2D eigenvalue weighted by molar-refractivity contribution is 0.458. The fourth-order valence-electron chi connectivity index (χ4n) is 2.52. The van der Waals surface area contributed by atoms with Gasteiger partial charge in [0.15, 0.2) is 0 Å². The van der Waals surface area contributed by atoms with Gasteiger partial charge in [-0.25, -0.2) is 4.98 Å². The van der Waals surface area contributed by atoms with Gasteiger partial charge in [-0.05, 0) is 61.4 Å². The number of nitriles is 1. The van der Waals surface area contributed by atoms with Gasteiger partial charge < -0.3 is 21.5 Å². The van der Waals surface area contributed by atoms with Crippen LogP contribution in [0.15, 0.2) is 42.6 Å². The fraction of sp³-hybridized carbons (Fsp3) is 0.105. The van der Waals surface area contributed by atoms with Gasteiger partial charge in [0.25, 0.3) is 0 Å². The Morgan fingerprint density at radius 1 is 1.08 bits per heavy atom. The summed E-state index contributed by atoms with van der Waals surface area (Å²) < 4.78 is 5.93. The zero-order valence-electron chi connectivity index (χ0n) is 14.4. The molecule has 1 heterocycles. The molecule has 7 heteroatoms. The molecular formula is C19H18N6O. The summed E-state index contributed by atoms with van der Waals surface area (Å²) in [5, 5.41) is 11.9. The predicted octanol–water partition coefficient (Wildman–Crippen LogP) is 3.67. The molecule has 0 aliphatic carbocycles. The maximum atomic E-state index is 8.85. The van der Waals surface area contributed by atoms with Gasteiger partial charge in [-0.15, -0.1) is 0 Å². The summed E-state index contributed by atoms with van der Waals surface area (Å²) in [7, 11) is 0. The highest BCUT2D eigenvalue weighted by atomic mass is 16.5. The second-order valence-electron chi connectivity index (χ2n) is 5.85. The van der Waals surface area contributed by atoms with Gasteiger partial charge in [-0.2, -0.15) is 10.2 Å². The van der Waals surface area contributed by atoms with Crippen LogP contribution in [0, 0.1) is 25.2 Å². The molecule has 3 rings (SSSR count). The number of hydrogen-bond acceptors (Lipinski definition) is 7. The molecule has 7 nitrogen and oxygen atoms in total. The summed E-state index contributed by atoms with van der Waals surface area (Å²) in [5.74, 6) is 1.26. The van der Waals surface area contributed by atoms with Crippen LogP contribution in [-0.4, -0.2) is 9.97 Å². The van der Waals surface area contributed by atoms with Gasteiger partial charge in [0.2, 0.25) is 11.8 Å². The van der Waals surface area contributed by atoms with E-state index < -0.39 is 0 Å². The summed E-state index contributed by atoms with van der Waals surface area (Å²) in [4.78, 5) is 8.51. The van der Waals surface area contributed by atoms with E-state index in [0.717, 1.165) is 16.8 Å². The molecule has 0 atom stereocenters.